The molecule has 3 heterocycles. The molecule has 18 heavy (non-hydrogen) atoms. The number of rotatable bonds is 2. The number of hydrogen-bond donors (Lipinski definition) is 0. The second-order valence-corrected chi connectivity index (χ2v) is 5.69. The van der Waals surface area contributed by atoms with Gasteiger partial charge < -0.3 is 9.47 Å². The van der Waals surface area contributed by atoms with Crippen molar-refractivity contribution in [3.8, 4) is 0 Å². The lowest BCUT2D eigenvalue weighted by Gasteiger charge is -2.37. The molecule has 2 aliphatic heterocycles. The van der Waals surface area contributed by atoms with Gasteiger partial charge in [0.15, 0.2) is 5.79 Å². The van der Waals surface area contributed by atoms with Gasteiger partial charge in [0, 0.05) is 38.7 Å². The Balaban J connectivity index is 1.55. The smallest absolute Gasteiger partial charge is 0.170 e. The van der Waals surface area contributed by atoms with Gasteiger partial charge >= 0.3 is 0 Å². The van der Waals surface area contributed by atoms with Gasteiger partial charge in [0.25, 0.3) is 0 Å². The Morgan fingerprint density at radius 2 is 1.94 bits per heavy atom. The summed E-state index contributed by atoms with van der Waals surface area (Å²) in [6.45, 7) is 4.50. The van der Waals surface area contributed by atoms with Crippen LogP contribution >= 0.6 is 15.9 Å². The first-order valence-corrected chi connectivity index (χ1v) is 7.16. The summed E-state index contributed by atoms with van der Waals surface area (Å²) < 4.78 is 12.3. The summed E-state index contributed by atoms with van der Waals surface area (Å²) in [6, 6.07) is 4.11. The van der Waals surface area contributed by atoms with Crippen molar-refractivity contribution in [2.24, 2.45) is 0 Å². The summed E-state index contributed by atoms with van der Waals surface area (Å²) >= 11 is 3.35. The number of ether oxygens (including phenoxy) is 2. The fraction of sp³-hybridized carbons (Fsp3) is 0.615. The van der Waals surface area contributed by atoms with Gasteiger partial charge in [0.05, 0.1) is 13.2 Å². The summed E-state index contributed by atoms with van der Waals surface area (Å²) in [4.78, 5) is 6.69. The van der Waals surface area contributed by atoms with E-state index < -0.39 is 0 Å². The van der Waals surface area contributed by atoms with Crippen molar-refractivity contribution in [1.29, 1.82) is 0 Å². The quantitative estimate of drug-likeness (QED) is 0.784. The van der Waals surface area contributed by atoms with Gasteiger partial charge in [-0.1, -0.05) is 6.07 Å². The number of halogens is 1. The van der Waals surface area contributed by atoms with Crippen LogP contribution in [-0.4, -0.2) is 42.0 Å². The van der Waals surface area contributed by atoms with Gasteiger partial charge in [0.1, 0.15) is 4.60 Å². The van der Waals surface area contributed by atoms with E-state index in [-0.39, 0.29) is 5.79 Å². The SMILES string of the molecule is Brc1ccc(CN2CCC3(CC2)OCCO3)cn1. The maximum atomic E-state index is 5.73. The Morgan fingerprint density at radius 3 is 2.56 bits per heavy atom. The van der Waals surface area contributed by atoms with E-state index in [1.54, 1.807) is 0 Å². The third-order valence-corrected chi connectivity index (χ3v) is 4.10. The molecule has 2 aliphatic rings. The van der Waals surface area contributed by atoms with Crippen molar-refractivity contribution in [1.82, 2.24) is 9.88 Å². The van der Waals surface area contributed by atoms with Crippen LogP contribution in [0.25, 0.3) is 0 Å². The van der Waals surface area contributed by atoms with E-state index in [0.717, 1.165) is 50.3 Å². The standard InChI is InChI=1S/C13H17BrN2O2/c14-12-2-1-11(9-15-12)10-16-5-3-13(4-6-16)17-7-8-18-13/h1-2,9H,3-8,10H2. The van der Waals surface area contributed by atoms with E-state index in [1.165, 1.54) is 5.56 Å². The van der Waals surface area contributed by atoms with Gasteiger partial charge in [-0.15, -0.1) is 0 Å². The number of likely N-dealkylation sites (tertiary alicyclic amines) is 1. The van der Waals surface area contributed by atoms with Crippen LogP contribution in [-0.2, 0) is 16.0 Å². The highest BCUT2D eigenvalue weighted by Crippen LogP contribution is 2.31. The summed E-state index contributed by atoms with van der Waals surface area (Å²) in [6.07, 6.45) is 3.87. The summed E-state index contributed by atoms with van der Waals surface area (Å²) in [5.41, 5.74) is 1.25. The van der Waals surface area contributed by atoms with Crippen LogP contribution in [0.4, 0.5) is 0 Å². The van der Waals surface area contributed by atoms with Crippen molar-refractivity contribution in [3.63, 3.8) is 0 Å². The zero-order chi connectivity index (χ0) is 12.4. The van der Waals surface area contributed by atoms with Gasteiger partial charge in [0.2, 0.25) is 0 Å². The molecule has 1 spiro atoms. The molecule has 5 heteroatoms. The number of pyridine rings is 1. The first kappa shape index (κ1) is 12.5. The Labute approximate surface area is 115 Å². The highest BCUT2D eigenvalue weighted by atomic mass is 79.9. The van der Waals surface area contributed by atoms with E-state index >= 15 is 0 Å². The molecule has 0 N–H and O–H groups in total. The Morgan fingerprint density at radius 1 is 1.22 bits per heavy atom. The molecule has 2 saturated heterocycles. The van der Waals surface area contributed by atoms with Gasteiger partial charge in [-0.25, -0.2) is 4.98 Å². The number of piperidine rings is 1. The minimum atomic E-state index is -0.269. The minimum absolute atomic E-state index is 0.269. The molecule has 0 atom stereocenters. The van der Waals surface area contributed by atoms with E-state index in [1.807, 2.05) is 12.3 Å². The molecule has 0 aromatic carbocycles. The van der Waals surface area contributed by atoms with E-state index in [0.29, 0.717) is 0 Å². The maximum absolute atomic E-state index is 5.73. The summed E-state index contributed by atoms with van der Waals surface area (Å²) in [5.74, 6) is -0.269. The predicted molar refractivity (Wildman–Crippen MR) is 71.1 cm³/mol. The Bertz CT molecular complexity index is 394. The molecule has 0 aliphatic carbocycles. The third-order valence-electron chi connectivity index (χ3n) is 3.63. The minimum Gasteiger partial charge on any atom is -0.347 e. The molecule has 0 saturated carbocycles. The second-order valence-electron chi connectivity index (χ2n) is 4.87. The molecule has 0 radical (unpaired) electrons. The van der Waals surface area contributed by atoms with Crippen LogP contribution in [0.2, 0.25) is 0 Å². The van der Waals surface area contributed by atoms with Crippen LogP contribution < -0.4 is 0 Å². The lowest BCUT2D eigenvalue weighted by Crippen LogP contribution is -2.44. The molecule has 0 bridgehead atoms. The molecule has 0 amide bonds. The van der Waals surface area contributed by atoms with Crippen LogP contribution in [0, 0.1) is 0 Å². The van der Waals surface area contributed by atoms with Crippen molar-refractivity contribution in [2.75, 3.05) is 26.3 Å². The first-order valence-electron chi connectivity index (χ1n) is 6.37. The lowest BCUT2D eigenvalue weighted by molar-refractivity contribution is -0.185. The normalized spacial score (nSPS) is 23.6. The highest BCUT2D eigenvalue weighted by Gasteiger charge is 2.39. The lowest BCUT2D eigenvalue weighted by atomic mass is 10.0. The van der Waals surface area contributed by atoms with Gasteiger partial charge in [-0.3, -0.25) is 4.90 Å². The molecule has 98 valence electrons. The molecule has 2 fully saturated rings. The largest absolute Gasteiger partial charge is 0.347 e. The molecule has 1 aromatic rings. The fourth-order valence-electron chi connectivity index (χ4n) is 2.60. The van der Waals surface area contributed by atoms with Gasteiger partial charge in [-0.2, -0.15) is 0 Å². The zero-order valence-electron chi connectivity index (χ0n) is 10.3. The molecule has 4 nitrogen and oxygen atoms in total. The molecule has 3 rings (SSSR count). The van der Waals surface area contributed by atoms with Crippen molar-refractivity contribution in [2.45, 2.75) is 25.2 Å². The average molecular weight is 313 g/mol. The first-order chi connectivity index (χ1) is 8.76. The van der Waals surface area contributed by atoms with Crippen molar-refractivity contribution >= 4 is 15.9 Å². The molecular weight excluding hydrogens is 296 g/mol. The van der Waals surface area contributed by atoms with E-state index in [2.05, 4.69) is 31.9 Å². The van der Waals surface area contributed by atoms with Crippen LogP contribution in [0.15, 0.2) is 22.9 Å². The number of nitrogens with zero attached hydrogens (tertiary/aromatic N) is 2. The van der Waals surface area contributed by atoms with Crippen molar-refractivity contribution < 1.29 is 9.47 Å². The maximum Gasteiger partial charge on any atom is 0.170 e. The number of aromatic nitrogens is 1. The van der Waals surface area contributed by atoms with E-state index in [4.69, 9.17) is 9.47 Å². The summed E-state index contributed by atoms with van der Waals surface area (Å²) in [5, 5.41) is 0. The fourth-order valence-corrected chi connectivity index (χ4v) is 2.83. The average Bonchev–Trinajstić information content (AvgIpc) is 2.84. The number of hydrogen-bond acceptors (Lipinski definition) is 4. The van der Waals surface area contributed by atoms with Crippen LogP contribution in [0.1, 0.15) is 18.4 Å². The zero-order valence-corrected chi connectivity index (χ0v) is 11.9. The highest BCUT2D eigenvalue weighted by molar-refractivity contribution is 9.10. The monoisotopic (exact) mass is 312 g/mol. The predicted octanol–water partition coefficient (Wildman–Crippen LogP) is 2.18. The van der Waals surface area contributed by atoms with Crippen LogP contribution in [0.3, 0.4) is 0 Å². The van der Waals surface area contributed by atoms with E-state index in [9.17, 15) is 0 Å². The van der Waals surface area contributed by atoms with Crippen LogP contribution in [0.5, 0.6) is 0 Å². The molecular formula is C13H17BrN2O2. The molecule has 1 aromatic heterocycles. The third kappa shape index (κ3) is 2.74. The summed E-state index contributed by atoms with van der Waals surface area (Å²) in [7, 11) is 0. The topological polar surface area (TPSA) is 34.6 Å². The second kappa shape index (κ2) is 5.25. The van der Waals surface area contributed by atoms with Crippen molar-refractivity contribution in [3.05, 3.63) is 28.5 Å². The Hall–Kier alpha value is -0.490. The Kier molecular flexibility index (Phi) is 3.66. The molecule has 0 unspecified atom stereocenters. The van der Waals surface area contributed by atoms with Gasteiger partial charge in [-0.05, 0) is 27.6 Å².